The molecule has 0 aliphatic rings. The summed E-state index contributed by atoms with van der Waals surface area (Å²) in [6, 6.07) is 14.2. The van der Waals surface area contributed by atoms with Crippen LogP contribution in [-0.2, 0) is 10.0 Å². The van der Waals surface area contributed by atoms with Crippen LogP contribution in [0, 0.1) is 13.8 Å². The minimum Gasteiger partial charge on any atom is -0.203 e. The highest BCUT2D eigenvalue weighted by molar-refractivity contribution is 7.92. The molecule has 0 saturated heterocycles. The predicted octanol–water partition coefficient (Wildman–Crippen LogP) is 4.04. The molecule has 8 heteroatoms. The fourth-order valence-corrected chi connectivity index (χ4v) is 3.44. The standard InChI is InChI=1S/C18H17F2N3O2S/c1-12-8-9-14(10-13(12)2)17-11-16(18(19)20)21-23(17)22-26(24,25)15-6-4-3-5-7-15/h3-11,18,22H,1-2H3. The first kappa shape index (κ1) is 18.1. The fourth-order valence-electron chi connectivity index (χ4n) is 2.45. The van der Waals surface area contributed by atoms with Crippen molar-refractivity contribution in [1.82, 2.24) is 9.89 Å². The van der Waals surface area contributed by atoms with Gasteiger partial charge in [-0.25, -0.2) is 8.78 Å². The molecule has 0 fully saturated rings. The molecule has 0 saturated carbocycles. The third-order valence-corrected chi connectivity index (χ3v) is 5.32. The van der Waals surface area contributed by atoms with E-state index < -0.39 is 22.1 Å². The Hall–Kier alpha value is -2.74. The minimum atomic E-state index is -3.97. The lowest BCUT2D eigenvalue weighted by Gasteiger charge is -2.12. The number of alkyl halides is 2. The first-order valence-electron chi connectivity index (χ1n) is 7.81. The summed E-state index contributed by atoms with van der Waals surface area (Å²) in [6.07, 6.45) is -2.82. The largest absolute Gasteiger partial charge is 0.282 e. The van der Waals surface area contributed by atoms with E-state index in [-0.39, 0.29) is 10.6 Å². The number of nitrogens with zero attached hydrogens (tertiary/aromatic N) is 2. The van der Waals surface area contributed by atoms with E-state index in [1.54, 1.807) is 30.3 Å². The molecule has 0 atom stereocenters. The van der Waals surface area contributed by atoms with Gasteiger partial charge in [0.25, 0.3) is 16.4 Å². The van der Waals surface area contributed by atoms with Gasteiger partial charge in [-0.15, -0.1) is 0 Å². The number of nitrogens with one attached hydrogen (secondary N) is 1. The molecule has 0 aliphatic heterocycles. The van der Waals surface area contributed by atoms with Crippen LogP contribution in [0.15, 0.2) is 59.5 Å². The Morgan fingerprint density at radius 2 is 1.69 bits per heavy atom. The van der Waals surface area contributed by atoms with Crippen molar-refractivity contribution in [2.75, 3.05) is 4.83 Å². The summed E-state index contributed by atoms with van der Waals surface area (Å²) in [5, 5.41) is 3.73. The normalized spacial score (nSPS) is 11.7. The quantitative estimate of drug-likeness (QED) is 0.730. The topological polar surface area (TPSA) is 64.0 Å². The zero-order valence-electron chi connectivity index (χ0n) is 14.1. The van der Waals surface area contributed by atoms with Crippen LogP contribution >= 0.6 is 0 Å². The van der Waals surface area contributed by atoms with Gasteiger partial charge in [0.2, 0.25) is 0 Å². The van der Waals surface area contributed by atoms with Crippen molar-refractivity contribution in [3.63, 3.8) is 0 Å². The van der Waals surface area contributed by atoms with Crippen molar-refractivity contribution in [2.24, 2.45) is 0 Å². The molecule has 3 aromatic rings. The van der Waals surface area contributed by atoms with Crippen LogP contribution in [0.3, 0.4) is 0 Å². The van der Waals surface area contributed by atoms with Gasteiger partial charge in [-0.05, 0) is 49.2 Å². The number of benzene rings is 2. The fraction of sp³-hybridized carbons (Fsp3) is 0.167. The molecule has 1 aromatic heterocycles. The van der Waals surface area contributed by atoms with Crippen LogP contribution < -0.4 is 4.83 Å². The van der Waals surface area contributed by atoms with E-state index in [1.165, 1.54) is 18.2 Å². The Balaban J connectivity index is 2.07. The summed E-state index contributed by atoms with van der Waals surface area (Å²) in [7, 11) is -3.97. The summed E-state index contributed by atoms with van der Waals surface area (Å²) in [5.41, 5.74) is 2.32. The van der Waals surface area contributed by atoms with E-state index in [9.17, 15) is 17.2 Å². The molecule has 0 radical (unpaired) electrons. The monoisotopic (exact) mass is 377 g/mol. The van der Waals surface area contributed by atoms with Crippen LogP contribution in [0.25, 0.3) is 11.3 Å². The molecule has 1 N–H and O–H groups in total. The van der Waals surface area contributed by atoms with E-state index in [0.717, 1.165) is 15.9 Å². The summed E-state index contributed by atoms with van der Waals surface area (Å²) >= 11 is 0. The predicted molar refractivity (Wildman–Crippen MR) is 95.1 cm³/mol. The zero-order chi connectivity index (χ0) is 18.9. The van der Waals surface area contributed by atoms with Crippen LogP contribution in [-0.4, -0.2) is 18.3 Å². The van der Waals surface area contributed by atoms with Gasteiger partial charge in [-0.1, -0.05) is 30.3 Å². The van der Waals surface area contributed by atoms with Crippen LogP contribution in [0.1, 0.15) is 23.2 Å². The van der Waals surface area contributed by atoms with Crippen molar-refractivity contribution < 1.29 is 17.2 Å². The van der Waals surface area contributed by atoms with Crippen molar-refractivity contribution in [3.8, 4) is 11.3 Å². The molecule has 2 aromatic carbocycles. The van der Waals surface area contributed by atoms with E-state index in [2.05, 4.69) is 9.93 Å². The second-order valence-electron chi connectivity index (χ2n) is 5.87. The summed E-state index contributed by atoms with van der Waals surface area (Å²) in [4.78, 5) is 3.15. The average Bonchev–Trinajstić information content (AvgIpc) is 3.01. The Morgan fingerprint density at radius 3 is 2.31 bits per heavy atom. The Bertz CT molecular complexity index is 1030. The number of hydrogen-bond donors (Lipinski definition) is 1. The highest BCUT2D eigenvalue weighted by Crippen LogP contribution is 2.27. The third-order valence-electron chi connectivity index (χ3n) is 4.01. The van der Waals surface area contributed by atoms with Crippen molar-refractivity contribution >= 4 is 10.0 Å². The maximum absolute atomic E-state index is 13.1. The lowest BCUT2D eigenvalue weighted by molar-refractivity contribution is 0.145. The van der Waals surface area contributed by atoms with Gasteiger partial charge in [0.1, 0.15) is 5.69 Å². The molecular formula is C18H17F2N3O2S. The van der Waals surface area contributed by atoms with Gasteiger partial charge in [-0.3, -0.25) is 0 Å². The van der Waals surface area contributed by atoms with E-state index in [1.807, 2.05) is 19.9 Å². The van der Waals surface area contributed by atoms with E-state index in [0.29, 0.717) is 5.56 Å². The zero-order valence-corrected chi connectivity index (χ0v) is 15.0. The van der Waals surface area contributed by atoms with Crippen molar-refractivity contribution in [2.45, 2.75) is 25.2 Å². The molecule has 3 rings (SSSR count). The van der Waals surface area contributed by atoms with Crippen LogP contribution in [0.4, 0.5) is 8.78 Å². The van der Waals surface area contributed by atoms with Crippen LogP contribution in [0.2, 0.25) is 0 Å². The second kappa shape index (κ2) is 6.87. The van der Waals surface area contributed by atoms with Crippen molar-refractivity contribution in [3.05, 3.63) is 71.4 Å². The molecule has 0 amide bonds. The molecule has 26 heavy (non-hydrogen) atoms. The second-order valence-corrected chi connectivity index (χ2v) is 7.53. The Kier molecular flexibility index (Phi) is 4.78. The van der Waals surface area contributed by atoms with E-state index in [4.69, 9.17) is 0 Å². The van der Waals surface area contributed by atoms with Gasteiger partial charge >= 0.3 is 0 Å². The summed E-state index contributed by atoms with van der Waals surface area (Å²) < 4.78 is 51.3. The number of aryl methyl sites for hydroxylation is 2. The molecular weight excluding hydrogens is 360 g/mol. The number of hydrogen-bond acceptors (Lipinski definition) is 3. The van der Waals surface area contributed by atoms with Gasteiger partial charge in [0.15, 0.2) is 0 Å². The van der Waals surface area contributed by atoms with E-state index >= 15 is 0 Å². The highest BCUT2D eigenvalue weighted by Gasteiger charge is 2.21. The van der Waals surface area contributed by atoms with Crippen molar-refractivity contribution in [1.29, 1.82) is 0 Å². The molecule has 0 unspecified atom stereocenters. The van der Waals surface area contributed by atoms with Gasteiger partial charge in [-0.2, -0.15) is 23.1 Å². The third kappa shape index (κ3) is 3.60. The first-order valence-corrected chi connectivity index (χ1v) is 9.30. The Labute approximate surface area is 150 Å². The molecule has 1 heterocycles. The first-order chi connectivity index (χ1) is 12.3. The minimum absolute atomic E-state index is 0.0140. The number of halogens is 2. The highest BCUT2D eigenvalue weighted by atomic mass is 32.2. The van der Waals surface area contributed by atoms with Gasteiger partial charge < -0.3 is 0 Å². The molecule has 136 valence electrons. The number of rotatable bonds is 5. The maximum Gasteiger partial charge on any atom is 0.282 e. The van der Waals surface area contributed by atoms with Gasteiger partial charge in [0.05, 0.1) is 10.6 Å². The smallest absolute Gasteiger partial charge is 0.203 e. The van der Waals surface area contributed by atoms with Crippen LogP contribution in [0.5, 0.6) is 0 Å². The molecule has 0 aliphatic carbocycles. The lowest BCUT2D eigenvalue weighted by atomic mass is 10.0. The molecule has 0 spiro atoms. The lowest BCUT2D eigenvalue weighted by Crippen LogP contribution is -2.25. The number of sulfonamides is 1. The molecule has 0 bridgehead atoms. The SMILES string of the molecule is Cc1ccc(-c2cc(C(F)F)nn2NS(=O)(=O)c2ccccc2)cc1C. The average molecular weight is 377 g/mol. The summed E-state index contributed by atoms with van der Waals surface area (Å²) in [6.45, 7) is 3.82. The Morgan fingerprint density at radius 1 is 1.00 bits per heavy atom. The van der Waals surface area contributed by atoms with Gasteiger partial charge in [0, 0.05) is 5.56 Å². The summed E-state index contributed by atoms with van der Waals surface area (Å²) in [5.74, 6) is 0. The maximum atomic E-state index is 13.1. The number of aromatic nitrogens is 2. The molecule has 5 nitrogen and oxygen atoms in total.